The van der Waals surface area contributed by atoms with E-state index in [0.29, 0.717) is 13.1 Å². The molecule has 1 aliphatic carbocycles. The molecule has 112 valence electrons. The minimum atomic E-state index is -3.13. The summed E-state index contributed by atoms with van der Waals surface area (Å²) in [6, 6.07) is 6.20. The maximum Gasteiger partial charge on any atom is 0.208 e. The standard InChI is InChI=1S/C14H21ClN2O2S/c1-14(2)9-10-4-5-11(15)8-12(10)13(14)16-6-7-17-20(3,18)19/h4-5,8,13,16-17H,6-7,9H2,1-3H3. The second-order valence-corrected chi connectivity index (χ2v) is 8.33. The van der Waals surface area contributed by atoms with Crippen molar-refractivity contribution in [3.63, 3.8) is 0 Å². The Morgan fingerprint density at radius 3 is 2.70 bits per heavy atom. The molecule has 1 aromatic rings. The molecule has 1 aliphatic rings. The Kier molecular flexibility index (Phi) is 4.44. The lowest BCUT2D eigenvalue weighted by atomic mass is 9.85. The van der Waals surface area contributed by atoms with Crippen molar-refractivity contribution < 1.29 is 8.42 Å². The normalized spacial score (nSPS) is 20.9. The van der Waals surface area contributed by atoms with Crippen LogP contribution in [0.3, 0.4) is 0 Å². The van der Waals surface area contributed by atoms with Crippen LogP contribution < -0.4 is 10.0 Å². The first-order valence-electron chi connectivity index (χ1n) is 6.65. The number of benzene rings is 1. The minimum Gasteiger partial charge on any atom is -0.308 e. The van der Waals surface area contributed by atoms with Crippen LogP contribution >= 0.6 is 11.6 Å². The molecule has 0 spiro atoms. The second-order valence-electron chi connectivity index (χ2n) is 6.06. The molecule has 20 heavy (non-hydrogen) atoms. The van der Waals surface area contributed by atoms with Gasteiger partial charge < -0.3 is 5.32 Å². The topological polar surface area (TPSA) is 58.2 Å². The second kappa shape index (κ2) is 5.64. The number of sulfonamides is 1. The van der Waals surface area contributed by atoms with Gasteiger partial charge in [0.1, 0.15) is 0 Å². The molecular formula is C14H21ClN2O2S. The van der Waals surface area contributed by atoms with E-state index in [9.17, 15) is 8.42 Å². The van der Waals surface area contributed by atoms with Gasteiger partial charge in [-0.3, -0.25) is 0 Å². The summed E-state index contributed by atoms with van der Waals surface area (Å²) < 4.78 is 24.6. The van der Waals surface area contributed by atoms with E-state index < -0.39 is 10.0 Å². The van der Waals surface area contributed by atoms with Crippen molar-refractivity contribution >= 4 is 21.6 Å². The first-order chi connectivity index (χ1) is 9.19. The van der Waals surface area contributed by atoms with E-state index in [-0.39, 0.29) is 11.5 Å². The zero-order chi connectivity index (χ0) is 15.0. The summed E-state index contributed by atoms with van der Waals surface area (Å²) in [4.78, 5) is 0. The first-order valence-corrected chi connectivity index (χ1v) is 8.92. The van der Waals surface area contributed by atoms with Gasteiger partial charge in [0.2, 0.25) is 10.0 Å². The highest BCUT2D eigenvalue weighted by Gasteiger charge is 2.38. The van der Waals surface area contributed by atoms with Crippen LogP contribution in [-0.2, 0) is 16.4 Å². The fraction of sp³-hybridized carbons (Fsp3) is 0.571. The van der Waals surface area contributed by atoms with Crippen molar-refractivity contribution in [2.24, 2.45) is 5.41 Å². The third-order valence-corrected chi connectivity index (χ3v) is 4.65. The molecule has 0 saturated heterocycles. The quantitative estimate of drug-likeness (QED) is 0.818. The predicted octanol–water partition coefficient (Wildman–Crippen LogP) is 2.10. The van der Waals surface area contributed by atoms with E-state index in [1.165, 1.54) is 17.4 Å². The van der Waals surface area contributed by atoms with Crippen molar-refractivity contribution in [2.75, 3.05) is 19.3 Å². The molecule has 0 fully saturated rings. The van der Waals surface area contributed by atoms with E-state index in [2.05, 4.69) is 30.0 Å². The van der Waals surface area contributed by atoms with Crippen LogP contribution in [0.5, 0.6) is 0 Å². The maximum absolute atomic E-state index is 11.0. The van der Waals surface area contributed by atoms with Gasteiger partial charge in [-0.25, -0.2) is 13.1 Å². The molecule has 2 rings (SSSR count). The molecule has 0 amide bonds. The van der Waals surface area contributed by atoms with Gasteiger partial charge in [0, 0.05) is 24.2 Å². The van der Waals surface area contributed by atoms with Crippen LogP contribution in [0.4, 0.5) is 0 Å². The Morgan fingerprint density at radius 1 is 1.35 bits per heavy atom. The average molecular weight is 317 g/mol. The zero-order valence-electron chi connectivity index (χ0n) is 12.0. The molecule has 0 heterocycles. The van der Waals surface area contributed by atoms with Gasteiger partial charge in [-0.2, -0.15) is 0 Å². The monoisotopic (exact) mass is 316 g/mol. The number of halogens is 1. The Bertz CT molecular complexity index is 599. The van der Waals surface area contributed by atoms with Gasteiger partial charge in [0.05, 0.1) is 6.26 Å². The fourth-order valence-electron chi connectivity index (χ4n) is 2.85. The number of hydrogen-bond donors (Lipinski definition) is 2. The van der Waals surface area contributed by atoms with E-state index in [1.807, 2.05) is 12.1 Å². The highest BCUT2D eigenvalue weighted by atomic mass is 35.5. The molecule has 0 aromatic heterocycles. The van der Waals surface area contributed by atoms with E-state index in [1.54, 1.807) is 0 Å². The summed E-state index contributed by atoms with van der Waals surface area (Å²) in [6.45, 7) is 5.40. The highest BCUT2D eigenvalue weighted by Crippen LogP contribution is 2.45. The zero-order valence-corrected chi connectivity index (χ0v) is 13.6. The van der Waals surface area contributed by atoms with E-state index >= 15 is 0 Å². The lowest BCUT2D eigenvalue weighted by Crippen LogP contribution is -2.37. The Hall–Kier alpha value is -0.620. The van der Waals surface area contributed by atoms with E-state index in [4.69, 9.17) is 11.6 Å². The fourth-order valence-corrected chi connectivity index (χ4v) is 3.50. The van der Waals surface area contributed by atoms with Gasteiger partial charge >= 0.3 is 0 Å². The van der Waals surface area contributed by atoms with Crippen LogP contribution in [0.25, 0.3) is 0 Å². The number of nitrogens with one attached hydrogen (secondary N) is 2. The lowest BCUT2D eigenvalue weighted by molar-refractivity contribution is 0.271. The van der Waals surface area contributed by atoms with Crippen molar-refractivity contribution in [2.45, 2.75) is 26.3 Å². The van der Waals surface area contributed by atoms with Crippen molar-refractivity contribution in [1.82, 2.24) is 10.0 Å². The average Bonchev–Trinajstić information content (AvgIpc) is 2.54. The smallest absolute Gasteiger partial charge is 0.208 e. The summed E-state index contributed by atoms with van der Waals surface area (Å²) in [5.74, 6) is 0. The molecule has 0 saturated carbocycles. The third-order valence-electron chi connectivity index (χ3n) is 3.68. The van der Waals surface area contributed by atoms with Crippen LogP contribution in [0.1, 0.15) is 31.0 Å². The van der Waals surface area contributed by atoms with Gasteiger partial charge in [0.25, 0.3) is 0 Å². The largest absolute Gasteiger partial charge is 0.308 e. The number of rotatable bonds is 5. The first kappa shape index (κ1) is 15.8. The van der Waals surface area contributed by atoms with Crippen molar-refractivity contribution in [1.29, 1.82) is 0 Å². The number of fused-ring (bicyclic) bond motifs is 1. The molecule has 6 heteroatoms. The molecule has 1 unspecified atom stereocenters. The summed E-state index contributed by atoms with van der Waals surface area (Å²) in [5, 5.41) is 4.18. The summed E-state index contributed by atoms with van der Waals surface area (Å²) >= 11 is 6.08. The lowest BCUT2D eigenvalue weighted by Gasteiger charge is -2.28. The van der Waals surface area contributed by atoms with Crippen LogP contribution in [-0.4, -0.2) is 27.8 Å². The molecule has 0 aliphatic heterocycles. The van der Waals surface area contributed by atoms with Crippen LogP contribution in [0.2, 0.25) is 5.02 Å². The minimum absolute atomic E-state index is 0.0953. The van der Waals surface area contributed by atoms with Gasteiger partial charge in [-0.1, -0.05) is 31.5 Å². The van der Waals surface area contributed by atoms with E-state index in [0.717, 1.165) is 11.4 Å². The molecular weight excluding hydrogens is 296 g/mol. The third kappa shape index (κ3) is 3.73. The van der Waals surface area contributed by atoms with Crippen LogP contribution in [0, 0.1) is 5.41 Å². The Morgan fingerprint density at radius 2 is 2.05 bits per heavy atom. The Labute approximate surface area is 126 Å². The SMILES string of the molecule is CC1(C)Cc2ccc(Cl)cc2C1NCCNS(C)(=O)=O. The van der Waals surface area contributed by atoms with Crippen LogP contribution in [0.15, 0.2) is 18.2 Å². The summed E-state index contributed by atoms with van der Waals surface area (Å²) in [6.07, 6.45) is 2.16. The summed E-state index contributed by atoms with van der Waals surface area (Å²) in [7, 11) is -3.13. The molecule has 0 radical (unpaired) electrons. The summed E-state index contributed by atoms with van der Waals surface area (Å²) in [5.41, 5.74) is 2.63. The number of hydrogen-bond acceptors (Lipinski definition) is 3. The van der Waals surface area contributed by atoms with Gasteiger partial charge in [0.15, 0.2) is 0 Å². The Balaban J connectivity index is 2.05. The predicted molar refractivity (Wildman–Crippen MR) is 82.5 cm³/mol. The maximum atomic E-state index is 11.0. The van der Waals surface area contributed by atoms with Gasteiger partial charge in [-0.05, 0) is 35.1 Å². The molecule has 0 bridgehead atoms. The molecule has 1 aromatic carbocycles. The molecule has 4 nitrogen and oxygen atoms in total. The van der Waals surface area contributed by atoms with Crippen molar-refractivity contribution in [3.05, 3.63) is 34.3 Å². The van der Waals surface area contributed by atoms with Gasteiger partial charge in [-0.15, -0.1) is 0 Å². The highest BCUT2D eigenvalue weighted by molar-refractivity contribution is 7.88. The molecule has 2 N–H and O–H groups in total. The van der Waals surface area contributed by atoms with Crippen molar-refractivity contribution in [3.8, 4) is 0 Å². The molecule has 1 atom stereocenters.